The van der Waals surface area contributed by atoms with Crippen LogP contribution in [0.5, 0.6) is 0 Å². The molecule has 0 bridgehead atoms. The molecule has 5 rings (SSSR count). The molecule has 1 unspecified atom stereocenters. The van der Waals surface area contributed by atoms with Crippen LogP contribution >= 0.6 is 0 Å². The normalized spacial score (nSPS) is 17.1. The number of aromatic nitrogens is 5. The van der Waals surface area contributed by atoms with Gasteiger partial charge < -0.3 is 0 Å². The van der Waals surface area contributed by atoms with Crippen molar-refractivity contribution in [3.05, 3.63) is 72.8 Å². The van der Waals surface area contributed by atoms with Crippen molar-refractivity contribution in [2.75, 3.05) is 0 Å². The highest BCUT2D eigenvalue weighted by Crippen LogP contribution is 2.35. The predicted molar refractivity (Wildman–Crippen MR) is 111 cm³/mol. The first-order chi connectivity index (χ1) is 13.8. The Bertz CT molecular complexity index is 1150. The van der Waals surface area contributed by atoms with E-state index in [2.05, 4.69) is 44.9 Å². The molecule has 1 fully saturated rings. The summed E-state index contributed by atoms with van der Waals surface area (Å²) in [5.74, 6) is 0.457. The van der Waals surface area contributed by atoms with Gasteiger partial charge in [-0.25, -0.2) is 0 Å². The van der Waals surface area contributed by atoms with E-state index in [1.165, 1.54) is 18.4 Å². The number of rotatable bonds is 3. The van der Waals surface area contributed by atoms with Gasteiger partial charge in [0.1, 0.15) is 5.69 Å². The number of nitrogens with zero attached hydrogens (tertiary/aromatic N) is 4. The molecule has 0 spiro atoms. The Balaban J connectivity index is 1.56. The Morgan fingerprint density at radius 3 is 2.89 bits per heavy atom. The van der Waals surface area contributed by atoms with Crippen molar-refractivity contribution in [3.8, 4) is 22.6 Å². The average Bonchev–Trinajstić information content (AvgIpc) is 3.18. The van der Waals surface area contributed by atoms with Gasteiger partial charge >= 0.3 is 0 Å². The zero-order valence-electron chi connectivity index (χ0n) is 15.6. The predicted octanol–water partition coefficient (Wildman–Crippen LogP) is 5.30. The monoisotopic (exact) mass is 367 g/mol. The number of allylic oxidation sites excluding steroid dienone is 1. The molecule has 4 aromatic rings. The minimum absolute atomic E-state index is 0.457. The summed E-state index contributed by atoms with van der Waals surface area (Å²) in [6, 6.07) is 12.2. The Labute approximate surface area is 163 Å². The lowest BCUT2D eigenvalue weighted by Crippen LogP contribution is -2.08. The maximum Gasteiger partial charge on any atom is 0.118 e. The van der Waals surface area contributed by atoms with Crippen LogP contribution in [0.4, 0.5) is 0 Å². The van der Waals surface area contributed by atoms with Gasteiger partial charge in [0.15, 0.2) is 0 Å². The summed E-state index contributed by atoms with van der Waals surface area (Å²) < 4.78 is 0. The van der Waals surface area contributed by atoms with Gasteiger partial charge in [0.25, 0.3) is 0 Å². The van der Waals surface area contributed by atoms with Crippen LogP contribution in [0.3, 0.4) is 0 Å². The van der Waals surface area contributed by atoms with Crippen molar-refractivity contribution < 1.29 is 0 Å². The van der Waals surface area contributed by atoms with Gasteiger partial charge in [-0.2, -0.15) is 5.10 Å². The first-order valence-electron chi connectivity index (χ1n) is 9.66. The number of nitrogens with one attached hydrogen (secondary N) is 1. The lowest BCUT2D eigenvalue weighted by atomic mass is 9.84. The van der Waals surface area contributed by atoms with E-state index in [0.717, 1.165) is 52.1 Å². The smallest absolute Gasteiger partial charge is 0.118 e. The summed E-state index contributed by atoms with van der Waals surface area (Å²) in [7, 11) is 0. The van der Waals surface area contributed by atoms with Crippen molar-refractivity contribution in [2.24, 2.45) is 0 Å². The summed E-state index contributed by atoms with van der Waals surface area (Å²) in [4.78, 5) is 13.7. The molecule has 0 aromatic carbocycles. The summed E-state index contributed by atoms with van der Waals surface area (Å²) in [6.07, 6.45) is 9.95. The van der Waals surface area contributed by atoms with E-state index in [1.807, 2.05) is 30.6 Å². The average molecular weight is 367 g/mol. The fourth-order valence-electron chi connectivity index (χ4n) is 4.00. The molecule has 4 aromatic heterocycles. The molecule has 28 heavy (non-hydrogen) atoms. The third-order valence-electron chi connectivity index (χ3n) is 5.45. The second-order valence-corrected chi connectivity index (χ2v) is 7.42. The van der Waals surface area contributed by atoms with E-state index in [1.54, 1.807) is 6.20 Å². The third kappa shape index (κ3) is 3.09. The van der Waals surface area contributed by atoms with Crippen LogP contribution < -0.4 is 0 Å². The van der Waals surface area contributed by atoms with Crippen LogP contribution in [0.2, 0.25) is 0 Å². The molecular weight excluding hydrogens is 346 g/mol. The maximum atomic E-state index is 4.97. The summed E-state index contributed by atoms with van der Waals surface area (Å²) in [6.45, 7) is 4.18. The Morgan fingerprint density at radius 1 is 1.07 bits per heavy atom. The molecule has 5 nitrogen and oxygen atoms in total. The van der Waals surface area contributed by atoms with Gasteiger partial charge in [-0.3, -0.25) is 20.1 Å². The molecule has 1 saturated carbocycles. The standard InChI is InChI=1S/C23H21N5/c1-15-5-2-6-16(11-15)19-8-3-9-20(26-19)23-18-12-21(17-7-4-10-24-13-17)25-14-22(18)27-28-23/h3-4,7-10,12-14,16H,1-2,5-6,11H2,(H,27,28). The molecular formula is C23H21N5. The zero-order valence-corrected chi connectivity index (χ0v) is 15.6. The van der Waals surface area contributed by atoms with E-state index in [-0.39, 0.29) is 0 Å². The van der Waals surface area contributed by atoms with Crippen LogP contribution in [-0.4, -0.2) is 25.1 Å². The summed E-state index contributed by atoms with van der Waals surface area (Å²) in [5.41, 5.74) is 6.99. The highest BCUT2D eigenvalue weighted by atomic mass is 15.1. The molecule has 0 saturated heterocycles. The molecule has 4 heterocycles. The number of fused-ring (bicyclic) bond motifs is 1. The summed E-state index contributed by atoms with van der Waals surface area (Å²) in [5, 5.41) is 8.65. The van der Waals surface area contributed by atoms with Gasteiger partial charge in [0, 0.05) is 35.0 Å². The fraction of sp³-hybridized carbons (Fsp3) is 0.217. The molecule has 1 aliphatic rings. The SMILES string of the molecule is C=C1CCCC(c2cccc(-c3n[nH]c4cnc(-c5cccnc5)cc34)n2)C1. The number of pyridine rings is 3. The molecule has 138 valence electrons. The van der Waals surface area contributed by atoms with Gasteiger partial charge in [-0.15, -0.1) is 0 Å². The Morgan fingerprint density at radius 2 is 2.04 bits per heavy atom. The number of hydrogen-bond donors (Lipinski definition) is 1. The van der Waals surface area contributed by atoms with E-state index >= 15 is 0 Å². The highest BCUT2D eigenvalue weighted by Gasteiger charge is 2.20. The van der Waals surface area contributed by atoms with Crippen molar-refractivity contribution in [1.29, 1.82) is 0 Å². The molecule has 0 aliphatic heterocycles. The van der Waals surface area contributed by atoms with Gasteiger partial charge in [-0.1, -0.05) is 18.2 Å². The van der Waals surface area contributed by atoms with Gasteiger partial charge in [0.2, 0.25) is 0 Å². The third-order valence-corrected chi connectivity index (χ3v) is 5.45. The second-order valence-electron chi connectivity index (χ2n) is 7.42. The minimum atomic E-state index is 0.457. The topological polar surface area (TPSA) is 67.3 Å². The Hall–Kier alpha value is -3.34. The second kappa shape index (κ2) is 7.00. The molecule has 1 N–H and O–H groups in total. The largest absolute Gasteiger partial charge is 0.276 e. The number of aromatic amines is 1. The number of H-pyrrole nitrogens is 1. The first kappa shape index (κ1) is 16.8. The van der Waals surface area contributed by atoms with Crippen LogP contribution in [0.1, 0.15) is 37.3 Å². The van der Waals surface area contributed by atoms with E-state index < -0.39 is 0 Å². The van der Waals surface area contributed by atoms with Gasteiger partial charge in [-0.05, 0) is 56.0 Å². The van der Waals surface area contributed by atoms with E-state index in [9.17, 15) is 0 Å². The maximum absolute atomic E-state index is 4.97. The van der Waals surface area contributed by atoms with Crippen LogP contribution in [0.15, 0.2) is 67.1 Å². The molecule has 0 amide bonds. The fourth-order valence-corrected chi connectivity index (χ4v) is 4.00. The zero-order chi connectivity index (χ0) is 18.9. The first-order valence-corrected chi connectivity index (χ1v) is 9.66. The minimum Gasteiger partial charge on any atom is -0.276 e. The molecule has 0 radical (unpaired) electrons. The van der Waals surface area contributed by atoms with Crippen LogP contribution in [-0.2, 0) is 0 Å². The highest BCUT2D eigenvalue weighted by molar-refractivity contribution is 5.93. The lowest BCUT2D eigenvalue weighted by Gasteiger charge is -2.23. The molecule has 1 atom stereocenters. The van der Waals surface area contributed by atoms with Crippen molar-refractivity contribution in [3.63, 3.8) is 0 Å². The van der Waals surface area contributed by atoms with Crippen molar-refractivity contribution in [2.45, 2.75) is 31.6 Å². The van der Waals surface area contributed by atoms with E-state index in [4.69, 9.17) is 4.98 Å². The molecule has 1 aliphatic carbocycles. The van der Waals surface area contributed by atoms with E-state index in [0.29, 0.717) is 5.92 Å². The van der Waals surface area contributed by atoms with Crippen molar-refractivity contribution in [1.82, 2.24) is 25.1 Å². The number of hydrogen-bond acceptors (Lipinski definition) is 4. The van der Waals surface area contributed by atoms with Crippen LogP contribution in [0.25, 0.3) is 33.5 Å². The van der Waals surface area contributed by atoms with Crippen molar-refractivity contribution >= 4 is 10.9 Å². The summed E-state index contributed by atoms with van der Waals surface area (Å²) >= 11 is 0. The Kier molecular flexibility index (Phi) is 4.20. The van der Waals surface area contributed by atoms with Gasteiger partial charge in [0.05, 0.1) is 23.1 Å². The quantitative estimate of drug-likeness (QED) is 0.499. The molecule has 5 heteroatoms. The lowest BCUT2D eigenvalue weighted by molar-refractivity contribution is 0.514. The van der Waals surface area contributed by atoms with Crippen LogP contribution in [0, 0.1) is 0 Å².